The van der Waals surface area contributed by atoms with Gasteiger partial charge in [-0.2, -0.15) is 0 Å². The number of rotatable bonds is 7. The fourth-order valence-corrected chi connectivity index (χ4v) is 1.18. The lowest BCUT2D eigenvalue weighted by Gasteiger charge is -2.24. The highest BCUT2D eigenvalue weighted by Crippen LogP contribution is 2.05. The van der Waals surface area contributed by atoms with Crippen molar-refractivity contribution in [1.82, 2.24) is 5.32 Å². The van der Waals surface area contributed by atoms with Crippen molar-refractivity contribution in [2.75, 3.05) is 6.61 Å². The molecular weight excluding hydrogens is 246 g/mol. The molecule has 0 rings (SSSR count). The van der Waals surface area contributed by atoms with E-state index in [1.165, 1.54) is 0 Å². The van der Waals surface area contributed by atoms with E-state index in [9.17, 15) is 24.9 Å². The van der Waals surface area contributed by atoms with Crippen LogP contribution in [0.2, 0.25) is 0 Å². The van der Waals surface area contributed by atoms with Gasteiger partial charge >= 0.3 is 0 Å². The summed E-state index contributed by atoms with van der Waals surface area (Å²) in [7, 11) is 0. The predicted molar refractivity (Wildman–Crippen MR) is 59.2 cm³/mol. The van der Waals surface area contributed by atoms with E-state index >= 15 is 0 Å². The molecule has 4 unspecified atom stereocenters. The molecule has 0 aromatic carbocycles. The lowest BCUT2D eigenvalue weighted by atomic mass is 10.0. The van der Waals surface area contributed by atoms with Crippen molar-refractivity contribution in [3.05, 3.63) is 0 Å². The Morgan fingerprint density at radius 1 is 1.11 bits per heavy atom. The summed E-state index contributed by atoms with van der Waals surface area (Å²) < 4.78 is 0. The van der Waals surface area contributed by atoms with Gasteiger partial charge in [-0.15, -0.1) is 0 Å². The Hall–Kier alpha value is -1.06. The first-order chi connectivity index (χ1) is 8.34. The molecular formula is C10H19NO7. The minimum Gasteiger partial charge on any atom is -0.394 e. The van der Waals surface area contributed by atoms with Crippen molar-refractivity contribution in [3.63, 3.8) is 0 Å². The van der Waals surface area contributed by atoms with E-state index in [0.29, 0.717) is 6.42 Å². The number of carbonyl (C=O) groups is 2. The van der Waals surface area contributed by atoms with E-state index < -0.39 is 42.8 Å². The first-order valence-electron chi connectivity index (χ1n) is 5.51. The number of nitrogens with one attached hydrogen (secondary N) is 1. The minimum atomic E-state index is -2.08. The molecule has 0 fully saturated rings. The van der Waals surface area contributed by atoms with Gasteiger partial charge in [-0.1, -0.05) is 6.92 Å². The zero-order chi connectivity index (χ0) is 14.3. The van der Waals surface area contributed by atoms with Crippen LogP contribution >= 0.6 is 0 Å². The van der Waals surface area contributed by atoms with Crippen LogP contribution < -0.4 is 5.32 Å². The van der Waals surface area contributed by atoms with Crippen molar-refractivity contribution >= 4 is 11.8 Å². The molecule has 8 heteroatoms. The van der Waals surface area contributed by atoms with Gasteiger partial charge in [-0.3, -0.25) is 14.9 Å². The Morgan fingerprint density at radius 3 is 2.11 bits per heavy atom. The Kier molecular flexibility index (Phi) is 7.64. The Morgan fingerprint density at radius 2 is 1.67 bits per heavy atom. The van der Waals surface area contributed by atoms with E-state index in [1.54, 1.807) is 6.92 Å². The van der Waals surface area contributed by atoms with Crippen LogP contribution in [0.15, 0.2) is 0 Å². The summed E-state index contributed by atoms with van der Waals surface area (Å²) in [5, 5.41) is 47.4. The lowest BCUT2D eigenvalue weighted by Crippen LogP contribution is -2.52. The Bertz CT molecular complexity index is 283. The molecule has 0 aliphatic rings. The summed E-state index contributed by atoms with van der Waals surface area (Å²) >= 11 is 0. The summed E-state index contributed by atoms with van der Waals surface area (Å²) in [6, 6.07) is 0. The predicted octanol–water partition coefficient (Wildman–Crippen LogP) is -3.13. The average Bonchev–Trinajstić information content (AvgIpc) is 2.35. The second-order valence-electron chi connectivity index (χ2n) is 3.84. The van der Waals surface area contributed by atoms with Crippen LogP contribution in [0.3, 0.4) is 0 Å². The first kappa shape index (κ1) is 16.9. The molecule has 0 radical (unpaired) electrons. The molecule has 106 valence electrons. The summed E-state index contributed by atoms with van der Waals surface area (Å²) in [5.41, 5.74) is 0. The number of aliphatic hydroxyl groups is 5. The second kappa shape index (κ2) is 8.11. The van der Waals surface area contributed by atoms with Crippen LogP contribution in [0.4, 0.5) is 0 Å². The van der Waals surface area contributed by atoms with Gasteiger partial charge in [0.15, 0.2) is 6.10 Å². The van der Waals surface area contributed by atoms with Gasteiger partial charge in [0.2, 0.25) is 5.91 Å². The van der Waals surface area contributed by atoms with Gasteiger partial charge in [0.05, 0.1) is 6.61 Å². The molecule has 0 saturated heterocycles. The van der Waals surface area contributed by atoms with Crippen molar-refractivity contribution in [2.45, 2.75) is 44.2 Å². The third-order valence-corrected chi connectivity index (χ3v) is 2.26. The molecule has 0 heterocycles. The number of imide groups is 1. The number of hydrogen-bond donors (Lipinski definition) is 6. The Balaban J connectivity index is 4.40. The molecule has 6 N–H and O–H groups in total. The molecule has 2 amide bonds. The SMILES string of the molecule is CCCC(=O)NC(=O)C(O)C(O)C(O)C(O)CO. The Labute approximate surface area is 104 Å². The highest BCUT2D eigenvalue weighted by atomic mass is 16.4. The average molecular weight is 265 g/mol. The molecule has 0 spiro atoms. The fraction of sp³-hybridized carbons (Fsp3) is 0.800. The van der Waals surface area contributed by atoms with Crippen LogP contribution in [0.1, 0.15) is 19.8 Å². The molecule has 0 bridgehead atoms. The third-order valence-electron chi connectivity index (χ3n) is 2.26. The maximum absolute atomic E-state index is 11.3. The topological polar surface area (TPSA) is 147 Å². The smallest absolute Gasteiger partial charge is 0.258 e. The maximum atomic E-state index is 11.3. The third kappa shape index (κ3) is 5.07. The van der Waals surface area contributed by atoms with Crippen LogP contribution in [0.25, 0.3) is 0 Å². The number of aliphatic hydroxyl groups excluding tert-OH is 5. The molecule has 0 saturated carbocycles. The normalized spacial score (nSPS) is 17.7. The van der Waals surface area contributed by atoms with Crippen LogP contribution in [0.5, 0.6) is 0 Å². The van der Waals surface area contributed by atoms with Gasteiger partial charge in [-0.05, 0) is 6.42 Å². The van der Waals surface area contributed by atoms with Crippen molar-refractivity contribution < 1.29 is 35.1 Å². The van der Waals surface area contributed by atoms with Gasteiger partial charge < -0.3 is 25.5 Å². The van der Waals surface area contributed by atoms with E-state index in [4.69, 9.17) is 10.2 Å². The molecule has 0 aliphatic heterocycles. The highest BCUT2D eigenvalue weighted by Gasteiger charge is 2.34. The van der Waals surface area contributed by atoms with Gasteiger partial charge in [0.25, 0.3) is 5.91 Å². The monoisotopic (exact) mass is 265 g/mol. The largest absolute Gasteiger partial charge is 0.394 e. The fourth-order valence-electron chi connectivity index (χ4n) is 1.18. The first-order valence-corrected chi connectivity index (χ1v) is 5.51. The van der Waals surface area contributed by atoms with E-state index in [1.807, 2.05) is 5.32 Å². The van der Waals surface area contributed by atoms with E-state index in [2.05, 4.69) is 0 Å². The van der Waals surface area contributed by atoms with Crippen LogP contribution in [0, 0.1) is 0 Å². The lowest BCUT2D eigenvalue weighted by molar-refractivity contribution is -0.151. The van der Waals surface area contributed by atoms with Crippen LogP contribution in [-0.2, 0) is 9.59 Å². The number of amides is 2. The minimum absolute atomic E-state index is 0.0797. The van der Waals surface area contributed by atoms with Crippen molar-refractivity contribution in [1.29, 1.82) is 0 Å². The molecule has 4 atom stereocenters. The van der Waals surface area contributed by atoms with Gasteiger partial charge in [0, 0.05) is 6.42 Å². The zero-order valence-corrected chi connectivity index (χ0v) is 9.98. The van der Waals surface area contributed by atoms with Gasteiger partial charge in [-0.25, -0.2) is 0 Å². The second-order valence-corrected chi connectivity index (χ2v) is 3.84. The van der Waals surface area contributed by atoms with Crippen LogP contribution in [-0.4, -0.2) is 68.4 Å². The van der Waals surface area contributed by atoms with Crippen molar-refractivity contribution in [2.24, 2.45) is 0 Å². The molecule has 0 aromatic heterocycles. The summed E-state index contributed by atoms with van der Waals surface area (Å²) in [4.78, 5) is 22.4. The number of hydrogen-bond acceptors (Lipinski definition) is 7. The summed E-state index contributed by atoms with van der Waals surface area (Å²) in [5.74, 6) is -1.80. The van der Waals surface area contributed by atoms with Gasteiger partial charge in [0.1, 0.15) is 18.3 Å². The summed E-state index contributed by atoms with van der Waals surface area (Å²) in [6.07, 6.45) is -7.12. The number of carbonyl (C=O) groups excluding carboxylic acids is 2. The maximum Gasteiger partial charge on any atom is 0.258 e. The molecule has 18 heavy (non-hydrogen) atoms. The summed E-state index contributed by atoms with van der Waals surface area (Å²) in [6.45, 7) is 0.873. The van der Waals surface area contributed by atoms with E-state index in [-0.39, 0.29) is 6.42 Å². The molecule has 0 aliphatic carbocycles. The van der Waals surface area contributed by atoms with E-state index in [0.717, 1.165) is 0 Å². The standard InChI is InChI=1S/C10H19NO7/c1-2-3-6(14)11-10(18)9(17)8(16)7(15)5(13)4-12/h5,7-9,12-13,15-17H,2-4H2,1H3,(H,11,14,18). The molecule has 8 nitrogen and oxygen atoms in total. The van der Waals surface area contributed by atoms with Crippen molar-refractivity contribution in [3.8, 4) is 0 Å². The highest BCUT2D eigenvalue weighted by molar-refractivity contribution is 5.97. The molecule has 0 aromatic rings. The quantitative estimate of drug-likeness (QED) is 0.285. The zero-order valence-electron chi connectivity index (χ0n) is 9.98.